The minimum absolute atomic E-state index is 0.0834. The predicted octanol–water partition coefficient (Wildman–Crippen LogP) is 1.88. The number of anilines is 1. The summed E-state index contributed by atoms with van der Waals surface area (Å²) in [4.78, 5) is 29.0. The van der Waals surface area contributed by atoms with Gasteiger partial charge in [0.05, 0.1) is 25.4 Å². The van der Waals surface area contributed by atoms with Gasteiger partial charge in [-0.3, -0.25) is 19.4 Å². The summed E-state index contributed by atoms with van der Waals surface area (Å²) in [6.07, 6.45) is 2.20. The van der Waals surface area contributed by atoms with Gasteiger partial charge in [0.25, 0.3) is 0 Å². The molecule has 2 fully saturated rings. The molecule has 1 saturated heterocycles. The maximum atomic E-state index is 12.7. The molecule has 2 N–H and O–H groups in total. The van der Waals surface area contributed by atoms with Crippen molar-refractivity contribution in [3.05, 3.63) is 22.7 Å². The number of methoxy groups -OCH3 is 1. The highest BCUT2D eigenvalue weighted by atomic mass is 35.5. The topological polar surface area (TPSA) is 73.9 Å². The molecular weight excluding hydrogens is 380 g/mol. The molecule has 0 unspecified atom stereocenters. The number of ether oxygens (including phenoxy) is 1. The summed E-state index contributed by atoms with van der Waals surface area (Å²) in [5.74, 6) is 0.564. The molecule has 0 bridgehead atoms. The van der Waals surface area contributed by atoms with Crippen LogP contribution in [0.3, 0.4) is 0 Å². The summed E-state index contributed by atoms with van der Waals surface area (Å²) < 4.78 is 5.33. The van der Waals surface area contributed by atoms with Crippen LogP contribution in [-0.2, 0) is 9.59 Å². The molecule has 3 rings (SSSR count). The SMILES string of the molecule is COc1cc(Cl)c(C)cc1NC(=O)[C@@H](C)N1CCN(CC(=O)NC2CC2)CC1. The van der Waals surface area contributed by atoms with Gasteiger partial charge in [0.1, 0.15) is 5.75 Å². The number of piperazine rings is 1. The van der Waals surface area contributed by atoms with Crippen LogP contribution >= 0.6 is 11.6 Å². The monoisotopic (exact) mass is 408 g/mol. The minimum Gasteiger partial charge on any atom is -0.495 e. The molecule has 1 saturated carbocycles. The fraction of sp³-hybridized carbons (Fsp3) is 0.600. The zero-order chi connectivity index (χ0) is 20.3. The standard InChI is InChI=1S/C20H29ClN4O3/c1-13-10-17(18(28-3)11-16(13)21)23-20(27)14(2)25-8-6-24(7-9-25)12-19(26)22-15-4-5-15/h10-11,14-15H,4-9,12H2,1-3H3,(H,22,26)(H,23,27)/t14-/m1/s1. The first-order valence-corrected chi connectivity index (χ1v) is 10.2. The Bertz CT molecular complexity index is 730. The summed E-state index contributed by atoms with van der Waals surface area (Å²) in [6.45, 7) is 7.29. The Balaban J connectivity index is 1.50. The van der Waals surface area contributed by atoms with E-state index in [0.717, 1.165) is 44.6 Å². The van der Waals surface area contributed by atoms with Gasteiger partial charge in [-0.2, -0.15) is 0 Å². The zero-order valence-electron chi connectivity index (χ0n) is 16.8. The second-order valence-electron chi connectivity index (χ2n) is 7.62. The maximum Gasteiger partial charge on any atom is 0.241 e. The van der Waals surface area contributed by atoms with Crippen LogP contribution in [0.15, 0.2) is 12.1 Å². The Morgan fingerprint density at radius 2 is 1.93 bits per heavy atom. The zero-order valence-corrected chi connectivity index (χ0v) is 17.5. The van der Waals surface area contributed by atoms with Crippen molar-refractivity contribution in [2.75, 3.05) is 45.2 Å². The minimum atomic E-state index is -0.275. The highest BCUT2D eigenvalue weighted by Gasteiger charge is 2.28. The van der Waals surface area contributed by atoms with E-state index in [4.69, 9.17) is 16.3 Å². The van der Waals surface area contributed by atoms with Gasteiger partial charge in [-0.15, -0.1) is 0 Å². The number of amides is 2. The number of nitrogens with zero attached hydrogens (tertiary/aromatic N) is 2. The molecule has 1 heterocycles. The Morgan fingerprint density at radius 1 is 1.25 bits per heavy atom. The predicted molar refractivity (Wildman–Crippen MR) is 110 cm³/mol. The van der Waals surface area contributed by atoms with E-state index in [-0.39, 0.29) is 17.9 Å². The molecule has 1 atom stereocenters. The molecular formula is C20H29ClN4O3. The van der Waals surface area contributed by atoms with Crippen LogP contribution < -0.4 is 15.4 Å². The lowest BCUT2D eigenvalue weighted by Gasteiger charge is -2.37. The second-order valence-corrected chi connectivity index (χ2v) is 8.03. The molecule has 28 heavy (non-hydrogen) atoms. The molecule has 1 aromatic carbocycles. The van der Waals surface area contributed by atoms with Crippen molar-refractivity contribution in [1.29, 1.82) is 0 Å². The van der Waals surface area contributed by atoms with Gasteiger partial charge in [0.2, 0.25) is 11.8 Å². The molecule has 0 radical (unpaired) electrons. The van der Waals surface area contributed by atoms with Gasteiger partial charge >= 0.3 is 0 Å². The molecule has 1 aliphatic heterocycles. The largest absolute Gasteiger partial charge is 0.495 e. The van der Waals surface area contributed by atoms with Crippen molar-refractivity contribution in [2.24, 2.45) is 0 Å². The van der Waals surface area contributed by atoms with Crippen LogP contribution in [0, 0.1) is 6.92 Å². The van der Waals surface area contributed by atoms with Crippen molar-refractivity contribution in [3.8, 4) is 5.75 Å². The van der Waals surface area contributed by atoms with Gasteiger partial charge in [-0.05, 0) is 38.3 Å². The average molecular weight is 409 g/mol. The second kappa shape index (κ2) is 9.11. The lowest BCUT2D eigenvalue weighted by molar-refractivity contribution is -0.124. The first kappa shape index (κ1) is 20.9. The summed E-state index contributed by atoms with van der Waals surface area (Å²) in [5.41, 5.74) is 1.50. The van der Waals surface area contributed by atoms with E-state index in [1.807, 2.05) is 19.9 Å². The Labute approximate surface area is 171 Å². The van der Waals surface area contributed by atoms with Crippen LogP contribution in [0.4, 0.5) is 5.69 Å². The number of halogens is 1. The highest BCUT2D eigenvalue weighted by molar-refractivity contribution is 6.31. The number of carbonyl (C=O) groups excluding carboxylic acids is 2. The first-order chi connectivity index (χ1) is 13.4. The Morgan fingerprint density at radius 3 is 2.54 bits per heavy atom. The molecule has 2 amide bonds. The number of carbonyl (C=O) groups is 2. The first-order valence-electron chi connectivity index (χ1n) is 9.78. The Kier molecular flexibility index (Phi) is 6.80. The molecule has 1 aromatic rings. The van der Waals surface area contributed by atoms with Crippen molar-refractivity contribution in [3.63, 3.8) is 0 Å². The highest BCUT2D eigenvalue weighted by Crippen LogP contribution is 2.31. The summed E-state index contributed by atoms with van der Waals surface area (Å²) in [7, 11) is 1.55. The number of benzene rings is 1. The van der Waals surface area contributed by atoms with E-state index < -0.39 is 0 Å². The molecule has 0 aromatic heterocycles. The summed E-state index contributed by atoms with van der Waals surface area (Å²) >= 11 is 6.13. The van der Waals surface area contributed by atoms with Gasteiger partial charge in [0, 0.05) is 43.3 Å². The van der Waals surface area contributed by atoms with Crippen LogP contribution in [0.5, 0.6) is 5.75 Å². The van der Waals surface area contributed by atoms with Gasteiger partial charge in [0.15, 0.2) is 0 Å². The van der Waals surface area contributed by atoms with Gasteiger partial charge in [-0.1, -0.05) is 11.6 Å². The van der Waals surface area contributed by atoms with Crippen molar-refractivity contribution >= 4 is 29.1 Å². The quantitative estimate of drug-likeness (QED) is 0.720. The van der Waals surface area contributed by atoms with Crippen molar-refractivity contribution < 1.29 is 14.3 Å². The molecule has 8 heteroatoms. The van der Waals surface area contributed by atoms with Gasteiger partial charge in [-0.25, -0.2) is 0 Å². The lowest BCUT2D eigenvalue weighted by Crippen LogP contribution is -2.54. The maximum absolute atomic E-state index is 12.7. The van der Waals surface area contributed by atoms with Crippen molar-refractivity contribution in [2.45, 2.75) is 38.8 Å². The van der Waals surface area contributed by atoms with E-state index in [1.54, 1.807) is 13.2 Å². The molecule has 154 valence electrons. The lowest BCUT2D eigenvalue weighted by atomic mass is 10.1. The summed E-state index contributed by atoms with van der Waals surface area (Å²) in [5, 5.41) is 6.58. The normalized spacial score (nSPS) is 19.1. The van der Waals surface area contributed by atoms with E-state index in [9.17, 15) is 9.59 Å². The molecule has 2 aliphatic rings. The smallest absolute Gasteiger partial charge is 0.241 e. The van der Waals surface area contributed by atoms with Crippen molar-refractivity contribution in [1.82, 2.24) is 15.1 Å². The third-order valence-electron chi connectivity index (χ3n) is 5.38. The molecule has 0 spiro atoms. The number of aryl methyl sites for hydroxylation is 1. The van der Waals surface area contributed by atoms with E-state index in [2.05, 4.69) is 20.4 Å². The third-order valence-corrected chi connectivity index (χ3v) is 5.79. The number of hydrogen-bond donors (Lipinski definition) is 2. The average Bonchev–Trinajstić information content (AvgIpc) is 3.48. The fourth-order valence-corrected chi connectivity index (χ4v) is 3.50. The third kappa shape index (κ3) is 5.37. The number of hydrogen-bond acceptors (Lipinski definition) is 5. The van der Waals surface area contributed by atoms with Crippen LogP contribution in [0.25, 0.3) is 0 Å². The Hall–Kier alpha value is -1.83. The van der Waals surface area contributed by atoms with Crippen LogP contribution in [0.1, 0.15) is 25.3 Å². The number of rotatable bonds is 7. The van der Waals surface area contributed by atoms with E-state index >= 15 is 0 Å². The fourth-order valence-electron chi connectivity index (χ4n) is 3.35. The van der Waals surface area contributed by atoms with Crippen LogP contribution in [0.2, 0.25) is 5.02 Å². The van der Waals surface area contributed by atoms with Crippen LogP contribution in [-0.4, -0.2) is 73.5 Å². The van der Waals surface area contributed by atoms with Gasteiger partial charge < -0.3 is 15.4 Å². The van der Waals surface area contributed by atoms with E-state index in [1.165, 1.54) is 0 Å². The molecule has 1 aliphatic carbocycles. The molecule has 7 nitrogen and oxygen atoms in total. The number of nitrogens with one attached hydrogen (secondary N) is 2. The van der Waals surface area contributed by atoms with E-state index in [0.29, 0.717) is 29.0 Å². The summed E-state index contributed by atoms with van der Waals surface area (Å²) in [6, 6.07) is 3.65.